The molecule has 1 atom stereocenters. The fourth-order valence-corrected chi connectivity index (χ4v) is 5.93. The molecule has 0 radical (unpaired) electrons. The highest BCUT2D eigenvalue weighted by Crippen LogP contribution is 2.35. The molecule has 1 N–H and O–H groups in total. The molecule has 1 amide bonds. The van der Waals surface area contributed by atoms with Crippen LogP contribution in [0, 0.1) is 0 Å². The van der Waals surface area contributed by atoms with E-state index in [0.29, 0.717) is 26.7 Å². The van der Waals surface area contributed by atoms with Gasteiger partial charge in [-0.25, -0.2) is 4.98 Å². The lowest BCUT2D eigenvalue weighted by Gasteiger charge is -2.14. The van der Waals surface area contributed by atoms with Crippen molar-refractivity contribution in [3.8, 4) is 11.4 Å². The van der Waals surface area contributed by atoms with E-state index in [1.54, 1.807) is 23.4 Å². The van der Waals surface area contributed by atoms with E-state index in [-0.39, 0.29) is 17.2 Å². The van der Waals surface area contributed by atoms with E-state index in [1.807, 2.05) is 66.7 Å². The maximum atomic E-state index is 13.4. The van der Waals surface area contributed by atoms with Crippen LogP contribution in [0.15, 0.2) is 81.6 Å². The smallest absolute Gasteiger partial charge is 0.272 e. The molecule has 1 aliphatic heterocycles. The van der Waals surface area contributed by atoms with Gasteiger partial charge in [0.15, 0.2) is 5.16 Å². The average Bonchev–Trinajstić information content (AvgIpc) is 3.24. The van der Waals surface area contributed by atoms with E-state index < -0.39 is 0 Å². The molecule has 0 saturated carbocycles. The third kappa shape index (κ3) is 4.43. The van der Waals surface area contributed by atoms with E-state index in [9.17, 15) is 9.59 Å². The Balaban J connectivity index is 1.43. The number of amides is 1. The molecule has 3 aromatic carbocycles. The number of nitrogens with one attached hydrogen (secondary N) is 1. The molecule has 0 saturated heterocycles. The second kappa shape index (κ2) is 9.56. The maximum absolute atomic E-state index is 13.4. The Kier molecular flexibility index (Phi) is 6.34. The van der Waals surface area contributed by atoms with Gasteiger partial charge in [-0.15, -0.1) is 11.8 Å². The molecule has 6 nitrogen and oxygen atoms in total. The van der Waals surface area contributed by atoms with Gasteiger partial charge in [-0.05, 0) is 35.7 Å². The Hall–Kier alpha value is -3.23. The molecule has 4 aromatic rings. The van der Waals surface area contributed by atoms with Crippen molar-refractivity contribution in [3.05, 3.63) is 82.8 Å². The minimum absolute atomic E-state index is 0.0959. The zero-order valence-electron chi connectivity index (χ0n) is 18.8. The monoisotopic (exact) mass is 489 g/mol. The van der Waals surface area contributed by atoms with Crippen LogP contribution in [-0.4, -0.2) is 33.6 Å². The van der Waals surface area contributed by atoms with E-state index in [0.717, 1.165) is 28.6 Å². The SMILES string of the molecule is COc1ccc(-n2c(SCC(=O)Nc3cccc4ccccc34)nc3c(c2=O)SC(C)C3)cc1. The van der Waals surface area contributed by atoms with Crippen molar-refractivity contribution in [1.29, 1.82) is 0 Å². The molecule has 0 bridgehead atoms. The predicted molar refractivity (Wildman–Crippen MR) is 139 cm³/mol. The second-order valence-electron chi connectivity index (χ2n) is 8.00. The van der Waals surface area contributed by atoms with Crippen molar-refractivity contribution >= 4 is 45.9 Å². The van der Waals surface area contributed by atoms with E-state index in [1.165, 1.54) is 11.8 Å². The summed E-state index contributed by atoms with van der Waals surface area (Å²) >= 11 is 2.83. The van der Waals surface area contributed by atoms with Crippen LogP contribution in [0.2, 0.25) is 0 Å². The van der Waals surface area contributed by atoms with Crippen molar-refractivity contribution in [1.82, 2.24) is 9.55 Å². The molecule has 8 heteroatoms. The number of carbonyl (C=O) groups is 1. The van der Waals surface area contributed by atoms with Crippen molar-refractivity contribution in [2.24, 2.45) is 0 Å². The molecule has 1 aliphatic rings. The Morgan fingerprint density at radius 1 is 1.15 bits per heavy atom. The fourth-order valence-electron chi connectivity index (χ4n) is 4.01. The van der Waals surface area contributed by atoms with Gasteiger partial charge < -0.3 is 10.1 Å². The number of thioether (sulfide) groups is 2. The Bertz CT molecular complexity index is 1430. The molecule has 1 aromatic heterocycles. The van der Waals surface area contributed by atoms with Crippen LogP contribution >= 0.6 is 23.5 Å². The quantitative estimate of drug-likeness (QED) is 0.298. The first kappa shape index (κ1) is 22.6. The van der Waals surface area contributed by atoms with Gasteiger partial charge >= 0.3 is 0 Å². The molecule has 172 valence electrons. The first-order chi connectivity index (χ1) is 16.5. The van der Waals surface area contributed by atoms with Crippen molar-refractivity contribution in [2.75, 3.05) is 18.2 Å². The fraction of sp³-hybridized carbons (Fsp3) is 0.192. The normalized spacial score (nSPS) is 14.7. The topological polar surface area (TPSA) is 73.2 Å². The van der Waals surface area contributed by atoms with Crippen molar-refractivity contribution in [3.63, 3.8) is 0 Å². The Morgan fingerprint density at radius 2 is 1.91 bits per heavy atom. The van der Waals surface area contributed by atoms with Crippen LogP contribution in [0.3, 0.4) is 0 Å². The highest BCUT2D eigenvalue weighted by Gasteiger charge is 2.27. The number of anilines is 1. The first-order valence-electron chi connectivity index (χ1n) is 10.9. The van der Waals surface area contributed by atoms with Crippen LogP contribution < -0.4 is 15.6 Å². The standard InChI is InChI=1S/C26H23N3O3S2/c1-16-14-22-24(34-16)25(31)29(18-10-12-19(32-2)13-11-18)26(28-22)33-15-23(30)27-21-9-5-7-17-6-3-4-8-20(17)21/h3-13,16H,14-15H2,1-2H3,(H,27,30). The summed E-state index contributed by atoms with van der Waals surface area (Å²) in [6.07, 6.45) is 0.744. The van der Waals surface area contributed by atoms with E-state index >= 15 is 0 Å². The summed E-state index contributed by atoms with van der Waals surface area (Å²) in [5.74, 6) is 0.686. The molecule has 0 spiro atoms. The zero-order valence-corrected chi connectivity index (χ0v) is 20.4. The van der Waals surface area contributed by atoms with Gasteiger partial charge in [-0.2, -0.15) is 0 Å². The van der Waals surface area contributed by atoms with Crippen molar-refractivity contribution < 1.29 is 9.53 Å². The molecular weight excluding hydrogens is 466 g/mol. The van der Waals surface area contributed by atoms with E-state index in [4.69, 9.17) is 9.72 Å². The zero-order chi connectivity index (χ0) is 23.7. The van der Waals surface area contributed by atoms with Crippen LogP contribution in [0.5, 0.6) is 5.75 Å². The number of aromatic nitrogens is 2. The summed E-state index contributed by atoms with van der Waals surface area (Å²) in [6, 6.07) is 21.0. The van der Waals surface area contributed by atoms with Crippen LogP contribution in [0.25, 0.3) is 16.5 Å². The highest BCUT2D eigenvalue weighted by atomic mass is 32.2. The number of nitrogens with zero attached hydrogens (tertiary/aromatic N) is 2. The molecule has 1 unspecified atom stereocenters. The number of rotatable bonds is 6. The van der Waals surface area contributed by atoms with Crippen molar-refractivity contribution in [2.45, 2.75) is 28.6 Å². The maximum Gasteiger partial charge on any atom is 0.272 e. The third-order valence-corrected chi connectivity index (χ3v) is 7.76. The molecule has 0 fully saturated rings. The van der Waals surface area contributed by atoms with Crippen LogP contribution in [0.4, 0.5) is 5.69 Å². The van der Waals surface area contributed by atoms with Crippen LogP contribution in [-0.2, 0) is 11.2 Å². The Labute approximate surface area is 205 Å². The van der Waals surface area contributed by atoms with Gasteiger partial charge in [0, 0.05) is 22.7 Å². The highest BCUT2D eigenvalue weighted by molar-refractivity contribution is 8.00. The van der Waals surface area contributed by atoms with Gasteiger partial charge in [0.05, 0.1) is 29.1 Å². The Morgan fingerprint density at radius 3 is 2.71 bits per heavy atom. The van der Waals surface area contributed by atoms with Gasteiger partial charge in [0.1, 0.15) is 5.75 Å². The molecule has 34 heavy (non-hydrogen) atoms. The summed E-state index contributed by atoms with van der Waals surface area (Å²) in [7, 11) is 1.60. The van der Waals surface area contributed by atoms with E-state index in [2.05, 4.69) is 12.2 Å². The largest absolute Gasteiger partial charge is 0.497 e. The first-order valence-corrected chi connectivity index (χ1v) is 12.8. The summed E-state index contributed by atoms with van der Waals surface area (Å²) in [6.45, 7) is 2.09. The number of benzene rings is 3. The van der Waals surface area contributed by atoms with Gasteiger partial charge in [-0.3, -0.25) is 14.2 Å². The second-order valence-corrected chi connectivity index (χ2v) is 10.4. The third-order valence-electron chi connectivity index (χ3n) is 5.61. The predicted octanol–water partition coefficient (Wildman–Crippen LogP) is 5.16. The lowest BCUT2D eigenvalue weighted by molar-refractivity contribution is -0.113. The molecule has 0 aliphatic carbocycles. The van der Waals surface area contributed by atoms with Gasteiger partial charge in [-0.1, -0.05) is 55.1 Å². The summed E-state index contributed by atoms with van der Waals surface area (Å²) in [4.78, 5) is 31.8. The van der Waals surface area contributed by atoms with Gasteiger partial charge in [0.2, 0.25) is 5.91 Å². The average molecular weight is 490 g/mol. The molecule has 5 rings (SSSR count). The number of methoxy groups -OCH3 is 1. The number of hydrogen-bond donors (Lipinski definition) is 1. The lowest BCUT2D eigenvalue weighted by Crippen LogP contribution is -2.24. The summed E-state index contributed by atoms with van der Waals surface area (Å²) < 4.78 is 6.85. The summed E-state index contributed by atoms with van der Waals surface area (Å²) in [5.41, 5.74) is 2.17. The minimum atomic E-state index is -0.153. The van der Waals surface area contributed by atoms with Crippen LogP contribution in [0.1, 0.15) is 12.6 Å². The number of hydrogen-bond acceptors (Lipinski definition) is 6. The molecular formula is C26H23N3O3S2. The number of carbonyl (C=O) groups excluding carboxylic acids is 1. The van der Waals surface area contributed by atoms with Gasteiger partial charge in [0.25, 0.3) is 5.56 Å². The lowest BCUT2D eigenvalue weighted by atomic mass is 10.1. The molecule has 2 heterocycles. The number of fused-ring (bicyclic) bond motifs is 2. The number of ether oxygens (including phenoxy) is 1. The minimum Gasteiger partial charge on any atom is -0.497 e. The summed E-state index contributed by atoms with van der Waals surface area (Å²) in [5, 5.41) is 5.87.